The first-order valence-corrected chi connectivity index (χ1v) is 6.69. The maximum Gasteiger partial charge on any atom is 0.200 e. The van der Waals surface area contributed by atoms with Gasteiger partial charge in [0.05, 0.1) is 13.2 Å². The molecule has 0 radical (unpaired) electrons. The Morgan fingerprint density at radius 1 is 1.18 bits per heavy atom. The van der Waals surface area contributed by atoms with Crippen LogP contribution in [-0.4, -0.2) is 18.8 Å². The molecule has 0 heterocycles. The van der Waals surface area contributed by atoms with Gasteiger partial charge in [0, 0.05) is 12.1 Å². The SMILES string of the molecule is COc1c(F)cc(C(O)CN)c(F)c1OCc1ccccc1. The molecule has 1 unspecified atom stereocenters. The highest BCUT2D eigenvalue weighted by molar-refractivity contribution is 5.46. The maximum absolute atomic E-state index is 14.5. The molecular formula is C16H17F2NO3. The standard InChI is InChI=1S/C16H17F2NO3/c1-21-15-12(17)7-11(13(20)8-19)14(18)16(15)22-9-10-5-3-2-4-6-10/h2-7,13,20H,8-9,19H2,1H3. The Labute approximate surface area is 127 Å². The van der Waals surface area contributed by atoms with Crippen LogP contribution in [0.3, 0.4) is 0 Å². The first kappa shape index (κ1) is 16.2. The summed E-state index contributed by atoms with van der Waals surface area (Å²) in [4.78, 5) is 0. The number of hydrogen-bond acceptors (Lipinski definition) is 4. The van der Waals surface area contributed by atoms with Gasteiger partial charge < -0.3 is 20.3 Å². The van der Waals surface area contributed by atoms with Crippen LogP contribution in [-0.2, 0) is 6.61 Å². The van der Waals surface area contributed by atoms with E-state index in [0.717, 1.165) is 11.6 Å². The van der Waals surface area contributed by atoms with E-state index < -0.39 is 17.7 Å². The monoisotopic (exact) mass is 309 g/mol. The van der Waals surface area contributed by atoms with E-state index in [9.17, 15) is 13.9 Å². The zero-order valence-corrected chi connectivity index (χ0v) is 12.1. The van der Waals surface area contributed by atoms with Gasteiger partial charge in [0.1, 0.15) is 6.61 Å². The summed E-state index contributed by atoms with van der Waals surface area (Å²) in [5.41, 5.74) is 5.82. The number of methoxy groups -OCH3 is 1. The average Bonchev–Trinajstić information content (AvgIpc) is 2.55. The van der Waals surface area contributed by atoms with Crippen LogP contribution in [0, 0.1) is 11.6 Å². The smallest absolute Gasteiger partial charge is 0.200 e. The van der Waals surface area contributed by atoms with Crippen LogP contribution in [0.4, 0.5) is 8.78 Å². The van der Waals surface area contributed by atoms with Gasteiger partial charge in [-0.2, -0.15) is 0 Å². The third-order valence-corrected chi connectivity index (χ3v) is 3.17. The minimum Gasteiger partial charge on any atom is -0.490 e. The molecule has 0 spiro atoms. The van der Waals surface area contributed by atoms with Crippen molar-refractivity contribution in [3.63, 3.8) is 0 Å². The lowest BCUT2D eigenvalue weighted by atomic mass is 10.1. The summed E-state index contributed by atoms with van der Waals surface area (Å²) in [6.07, 6.45) is -1.32. The summed E-state index contributed by atoms with van der Waals surface area (Å²) in [5.74, 6) is -2.43. The Bertz CT molecular complexity index is 635. The fraction of sp³-hybridized carbons (Fsp3) is 0.250. The Morgan fingerprint density at radius 3 is 2.45 bits per heavy atom. The van der Waals surface area contributed by atoms with E-state index >= 15 is 0 Å². The molecule has 0 bridgehead atoms. The number of aliphatic hydroxyl groups excluding tert-OH is 1. The van der Waals surface area contributed by atoms with Crippen LogP contribution in [0.5, 0.6) is 11.5 Å². The van der Waals surface area contributed by atoms with E-state index in [1.807, 2.05) is 18.2 Å². The molecule has 6 heteroatoms. The highest BCUT2D eigenvalue weighted by atomic mass is 19.1. The summed E-state index contributed by atoms with van der Waals surface area (Å²) in [7, 11) is 1.21. The topological polar surface area (TPSA) is 64.7 Å². The van der Waals surface area contributed by atoms with Crippen molar-refractivity contribution in [2.24, 2.45) is 5.73 Å². The van der Waals surface area contributed by atoms with Crippen LogP contribution in [0.2, 0.25) is 0 Å². The van der Waals surface area contributed by atoms with Crippen molar-refractivity contribution in [1.29, 1.82) is 0 Å². The van der Waals surface area contributed by atoms with E-state index in [1.54, 1.807) is 12.1 Å². The molecule has 0 fully saturated rings. The molecule has 4 nitrogen and oxygen atoms in total. The molecule has 1 atom stereocenters. The van der Waals surface area contributed by atoms with E-state index in [4.69, 9.17) is 15.2 Å². The van der Waals surface area contributed by atoms with Gasteiger partial charge in [-0.15, -0.1) is 0 Å². The van der Waals surface area contributed by atoms with Gasteiger partial charge >= 0.3 is 0 Å². The second kappa shape index (κ2) is 7.20. The predicted molar refractivity (Wildman–Crippen MR) is 77.7 cm³/mol. The molecule has 0 aliphatic rings. The summed E-state index contributed by atoms with van der Waals surface area (Å²) in [6, 6.07) is 9.89. The lowest BCUT2D eigenvalue weighted by Gasteiger charge is -2.17. The van der Waals surface area contributed by atoms with Gasteiger partial charge in [-0.1, -0.05) is 30.3 Å². The lowest BCUT2D eigenvalue weighted by molar-refractivity contribution is 0.177. The largest absolute Gasteiger partial charge is 0.490 e. The van der Waals surface area contributed by atoms with Crippen LogP contribution in [0.1, 0.15) is 17.2 Å². The molecule has 22 heavy (non-hydrogen) atoms. The molecule has 0 amide bonds. The molecular weight excluding hydrogens is 292 g/mol. The van der Waals surface area contributed by atoms with Gasteiger partial charge in [0.15, 0.2) is 17.4 Å². The minimum atomic E-state index is -1.32. The highest BCUT2D eigenvalue weighted by Gasteiger charge is 2.24. The molecule has 2 aromatic carbocycles. The Hall–Kier alpha value is -2.18. The van der Waals surface area contributed by atoms with E-state index in [-0.39, 0.29) is 30.2 Å². The second-order valence-corrected chi connectivity index (χ2v) is 4.65. The van der Waals surface area contributed by atoms with Gasteiger partial charge in [0.25, 0.3) is 0 Å². The predicted octanol–water partition coefficient (Wildman–Crippen LogP) is 2.54. The van der Waals surface area contributed by atoms with Crippen LogP contribution in [0.25, 0.3) is 0 Å². The number of aliphatic hydroxyl groups is 1. The first-order chi connectivity index (χ1) is 10.6. The zero-order chi connectivity index (χ0) is 16.1. The van der Waals surface area contributed by atoms with E-state index in [2.05, 4.69) is 0 Å². The molecule has 0 saturated carbocycles. The summed E-state index contributed by atoms with van der Waals surface area (Å²) in [6.45, 7) is -0.198. The number of ether oxygens (including phenoxy) is 2. The van der Waals surface area contributed by atoms with Crippen molar-refractivity contribution in [3.8, 4) is 11.5 Å². The second-order valence-electron chi connectivity index (χ2n) is 4.65. The number of benzene rings is 2. The lowest BCUT2D eigenvalue weighted by Crippen LogP contribution is -2.14. The summed E-state index contributed by atoms with van der Waals surface area (Å²) in [5, 5.41) is 9.68. The van der Waals surface area contributed by atoms with Crippen LogP contribution >= 0.6 is 0 Å². The van der Waals surface area contributed by atoms with Crippen molar-refractivity contribution in [3.05, 3.63) is 59.2 Å². The maximum atomic E-state index is 14.5. The average molecular weight is 309 g/mol. The summed E-state index contributed by atoms with van der Waals surface area (Å²) >= 11 is 0. The van der Waals surface area contributed by atoms with Gasteiger partial charge in [-0.3, -0.25) is 0 Å². The fourth-order valence-corrected chi connectivity index (χ4v) is 2.02. The highest BCUT2D eigenvalue weighted by Crippen LogP contribution is 2.37. The molecule has 0 aromatic heterocycles. The molecule has 2 aromatic rings. The third-order valence-electron chi connectivity index (χ3n) is 3.17. The van der Waals surface area contributed by atoms with Gasteiger partial charge in [-0.05, 0) is 11.6 Å². The molecule has 118 valence electrons. The number of hydrogen-bond donors (Lipinski definition) is 2. The normalized spacial score (nSPS) is 12.0. The molecule has 0 saturated heterocycles. The first-order valence-electron chi connectivity index (χ1n) is 6.69. The molecule has 3 N–H and O–H groups in total. The van der Waals surface area contributed by atoms with Crippen molar-refractivity contribution < 1.29 is 23.4 Å². The number of rotatable bonds is 6. The molecule has 2 rings (SSSR count). The Morgan fingerprint density at radius 2 is 1.86 bits per heavy atom. The van der Waals surface area contributed by atoms with Gasteiger partial charge in [-0.25, -0.2) is 8.78 Å². The summed E-state index contributed by atoms with van der Waals surface area (Å²) < 4.78 is 38.7. The molecule has 0 aliphatic heterocycles. The van der Waals surface area contributed by atoms with E-state index in [0.29, 0.717) is 0 Å². The zero-order valence-electron chi connectivity index (χ0n) is 12.1. The van der Waals surface area contributed by atoms with Crippen molar-refractivity contribution >= 4 is 0 Å². The van der Waals surface area contributed by atoms with Crippen molar-refractivity contribution in [2.75, 3.05) is 13.7 Å². The van der Waals surface area contributed by atoms with E-state index in [1.165, 1.54) is 7.11 Å². The van der Waals surface area contributed by atoms with Gasteiger partial charge in [0.2, 0.25) is 5.75 Å². The number of halogens is 2. The molecule has 0 aliphatic carbocycles. The van der Waals surface area contributed by atoms with Crippen molar-refractivity contribution in [2.45, 2.75) is 12.7 Å². The fourth-order valence-electron chi connectivity index (χ4n) is 2.02. The van der Waals surface area contributed by atoms with Crippen LogP contribution < -0.4 is 15.2 Å². The Kier molecular flexibility index (Phi) is 5.30. The third kappa shape index (κ3) is 3.35. The Balaban J connectivity index is 2.37. The quantitative estimate of drug-likeness (QED) is 0.860. The minimum absolute atomic E-state index is 0.0374. The van der Waals surface area contributed by atoms with Crippen molar-refractivity contribution in [1.82, 2.24) is 0 Å². The van der Waals surface area contributed by atoms with Crippen LogP contribution in [0.15, 0.2) is 36.4 Å². The number of nitrogens with two attached hydrogens (primary N) is 1.